The van der Waals surface area contributed by atoms with Gasteiger partial charge in [-0.2, -0.15) is 0 Å². The maximum Gasteiger partial charge on any atom is 0.407 e. The van der Waals surface area contributed by atoms with Crippen molar-refractivity contribution in [2.45, 2.75) is 32.4 Å². The molecule has 126 valence electrons. The Labute approximate surface area is 137 Å². The monoisotopic (exact) mass is 319 g/mol. The van der Waals surface area contributed by atoms with E-state index >= 15 is 0 Å². The third-order valence-corrected chi connectivity index (χ3v) is 3.97. The summed E-state index contributed by atoms with van der Waals surface area (Å²) in [5.74, 6) is 0.220. The fourth-order valence-corrected chi connectivity index (χ4v) is 2.72. The number of piperidine rings is 1. The van der Waals surface area contributed by atoms with Gasteiger partial charge in [-0.3, -0.25) is 4.79 Å². The van der Waals surface area contributed by atoms with Crippen LogP contribution in [0.25, 0.3) is 0 Å². The van der Waals surface area contributed by atoms with Gasteiger partial charge >= 0.3 is 6.09 Å². The highest BCUT2D eigenvalue weighted by atomic mass is 16.5. The Balaban J connectivity index is 1.70. The average molecular weight is 319 g/mol. The van der Waals surface area contributed by atoms with Crippen molar-refractivity contribution in [1.82, 2.24) is 10.2 Å². The van der Waals surface area contributed by atoms with E-state index in [9.17, 15) is 9.59 Å². The van der Waals surface area contributed by atoms with Crippen molar-refractivity contribution in [2.24, 2.45) is 11.7 Å². The summed E-state index contributed by atoms with van der Waals surface area (Å²) in [4.78, 5) is 25.5. The molecule has 0 radical (unpaired) electrons. The SMILES string of the molecule is C[C@H](N)C(=O)N1CCC[C@@H](CNC(=O)OCc2ccccc2)C1. The van der Waals surface area contributed by atoms with Crippen molar-refractivity contribution in [1.29, 1.82) is 0 Å². The lowest BCUT2D eigenvalue weighted by Crippen LogP contribution is -2.48. The Morgan fingerprint density at radius 3 is 2.83 bits per heavy atom. The summed E-state index contributed by atoms with van der Waals surface area (Å²) in [5.41, 5.74) is 6.60. The van der Waals surface area contributed by atoms with E-state index in [0.717, 1.165) is 24.9 Å². The summed E-state index contributed by atoms with van der Waals surface area (Å²) in [5, 5.41) is 2.78. The number of likely N-dealkylation sites (tertiary alicyclic amines) is 1. The van der Waals surface area contributed by atoms with Crippen LogP contribution in [0.4, 0.5) is 4.79 Å². The third-order valence-electron chi connectivity index (χ3n) is 3.97. The van der Waals surface area contributed by atoms with Crippen LogP contribution in [0, 0.1) is 5.92 Å². The molecule has 2 rings (SSSR count). The zero-order valence-corrected chi connectivity index (χ0v) is 13.5. The molecule has 0 aliphatic carbocycles. The molecule has 0 unspecified atom stereocenters. The topological polar surface area (TPSA) is 84.7 Å². The first-order valence-electron chi connectivity index (χ1n) is 8.05. The lowest BCUT2D eigenvalue weighted by molar-refractivity contribution is -0.133. The fraction of sp³-hybridized carbons (Fsp3) is 0.529. The largest absolute Gasteiger partial charge is 0.445 e. The van der Waals surface area contributed by atoms with Gasteiger partial charge in [0.05, 0.1) is 6.04 Å². The first-order valence-corrected chi connectivity index (χ1v) is 8.05. The van der Waals surface area contributed by atoms with Crippen LogP contribution in [-0.4, -0.2) is 42.6 Å². The number of hydrogen-bond donors (Lipinski definition) is 2. The number of amides is 2. The average Bonchev–Trinajstić information content (AvgIpc) is 2.58. The smallest absolute Gasteiger partial charge is 0.407 e. The predicted octanol–water partition coefficient (Wildman–Crippen LogP) is 1.50. The first-order chi connectivity index (χ1) is 11.1. The van der Waals surface area contributed by atoms with Crippen molar-refractivity contribution < 1.29 is 14.3 Å². The van der Waals surface area contributed by atoms with E-state index in [4.69, 9.17) is 10.5 Å². The second-order valence-corrected chi connectivity index (χ2v) is 6.02. The van der Waals surface area contributed by atoms with Gasteiger partial charge in [-0.05, 0) is 31.2 Å². The molecule has 0 aromatic heterocycles. The van der Waals surface area contributed by atoms with Gasteiger partial charge < -0.3 is 20.7 Å². The van der Waals surface area contributed by atoms with Crippen LogP contribution in [0.5, 0.6) is 0 Å². The van der Waals surface area contributed by atoms with Crippen molar-refractivity contribution in [3.05, 3.63) is 35.9 Å². The molecule has 1 aromatic carbocycles. The van der Waals surface area contributed by atoms with Crippen LogP contribution in [0.1, 0.15) is 25.3 Å². The van der Waals surface area contributed by atoms with Crippen molar-refractivity contribution in [3.63, 3.8) is 0 Å². The van der Waals surface area contributed by atoms with Crippen molar-refractivity contribution in [2.75, 3.05) is 19.6 Å². The van der Waals surface area contributed by atoms with Gasteiger partial charge in [-0.25, -0.2) is 4.79 Å². The van der Waals surface area contributed by atoms with Crippen LogP contribution < -0.4 is 11.1 Å². The van der Waals surface area contributed by atoms with E-state index in [1.807, 2.05) is 30.3 Å². The molecule has 3 N–H and O–H groups in total. The van der Waals surface area contributed by atoms with E-state index in [1.165, 1.54) is 0 Å². The molecule has 1 heterocycles. The number of rotatable bonds is 5. The number of carbonyl (C=O) groups excluding carboxylic acids is 2. The Morgan fingerprint density at radius 2 is 2.13 bits per heavy atom. The van der Waals surface area contributed by atoms with Gasteiger partial charge in [-0.15, -0.1) is 0 Å². The molecule has 0 bridgehead atoms. The van der Waals surface area contributed by atoms with Crippen molar-refractivity contribution in [3.8, 4) is 0 Å². The van der Waals surface area contributed by atoms with E-state index in [0.29, 0.717) is 13.1 Å². The highest BCUT2D eigenvalue weighted by Crippen LogP contribution is 2.16. The van der Waals surface area contributed by atoms with Gasteiger partial charge in [0, 0.05) is 19.6 Å². The van der Waals surface area contributed by atoms with E-state index < -0.39 is 12.1 Å². The minimum absolute atomic E-state index is 0.0265. The highest BCUT2D eigenvalue weighted by Gasteiger charge is 2.25. The number of nitrogens with one attached hydrogen (secondary N) is 1. The van der Waals surface area contributed by atoms with Crippen LogP contribution in [-0.2, 0) is 16.1 Å². The molecule has 6 nitrogen and oxygen atoms in total. The molecule has 1 aliphatic rings. The normalized spacial score (nSPS) is 19.0. The van der Waals surface area contributed by atoms with Crippen molar-refractivity contribution >= 4 is 12.0 Å². The standard InChI is InChI=1S/C17H25N3O3/c1-13(18)16(21)20-9-5-8-15(11-20)10-19-17(22)23-12-14-6-3-2-4-7-14/h2-4,6-7,13,15H,5,8-12,18H2,1H3,(H,19,22)/t13-,15-/m0/s1. The zero-order chi connectivity index (χ0) is 16.7. The quantitative estimate of drug-likeness (QED) is 0.861. The maximum absolute atomic E-state index is 11.9. The number of alkyl carbamates (subject to hydrolysis) is 1. The molecule has 6 heteroatoms. The molecule has 0 saturated carbocycles. The number of ether oxygens (including phenoxy) is 1. The summed E-state index contributed by atoms with van der Waals surface area (Å²) in [7, 11) is 0. The number of hydrogen-bond acceptors (Lipinski definition) is 4. The summed E-state index contributed by atoms with van der Waals surface area (Å²) < 4.78 is 5.18. The molecular weight excluding hydrogens is 294 g/mol. The second kappa shape index (κ2) is 8.53. The zero-order valence-electron chi connectivity index (χ0n) is 13.5. The molecule has 1 aromatic rings. The fourth-order valence-electron chi connectivity index (χ4n) is 2.72. The van der Waals surface area contributed by atoms with E-state index in [1.54, 1.807) is 11.8 Å². The predicted molar refractivity (Wildman–Crippen MR) is 87.6 cm³/mol. The molecule has 23 heavy (non-hydrogen) atoms. The van der Waals surface area contributed by atoms with Gasteiger partial charge in [-0.1, -0.05) is 30.3 Å². The van der Waals surface area contributed by atoms with Gasteiger partial charge in [0.1, 0.15) is 6.61 Å². The molecule has 2 amide bonds. The maximum atomic E-state index is 11.9. The van der Waals surface area contributed by atoms with Crippen LogP contribution >= 0.6 is 0 Å². The van der Waals surface area contributed by atoms with Gasteiger partial charge in [0.15, 0.2) is 0 Å². The van der Waals surface area contributed by atoms with Gasteiger partial charge in [0.2, 0.25) is 5.91 Å². The first kappa shape index (κ1) is 17.3. The molecular formula is C17H25N3O3. The van der Waals surface area contributed by atoms with Crippen LogP contribution in [0.15, 0.2) is 30.3 Å². The third kappa shape index (κ3) is 5.56. The Kier molecular flexibility index (Phi) is 6.40. The number of benzene rings is 1. The van der Waals surface area contributed by atoms with Crippen LogP contribution in [0.3, 0.4) is 0 Å². The number of carbonyl (C=O) groups is 2. The van der Waals surface area contributed by atoms with E-state index in [-0.39, 0.29) is 18.4 Å². The minimum Gasteiger partial charge on any atom is -0.445 e. The summed E-state index contributed by atoms with van der Waals surface area (Å²) >= 11 is 0. The minimum atomic E-state index is -0.474. The molecule has 1 aliphatic heterocycles. The van der Waals surface area contributed by atoms with Gasteiger partial charge in [0.25, 0.3) is 0 Å². The second-order valence-electron chi connectivity index (χ2n) is 6.02. The number of nitrogens with zero attached hydrogens (tertiary/aromatic N) is 1. The Bertz CT molecular complexity index is 519. The molecule has 0 spiro atoms. The van der Waals surface area contributed by atoms with E-state index in [2.05, 4.69) is 5.32 Å². The Morgan fingerprint density at radius 1 is 1.39 bits per heavy atom. The molecule has 2 atom stereocenters. The molecule has 1 fully saturated rings. The summed E-state index contributed by atoms with van der Waals surface area (Å²) in [6, 6.07) is 9.07. The summed E-state index contributed by atoms with van der Waals surface area (Å²) in [6.45, 7) is 3.85. The molecule has 1 saturated heterocycles. The lowest BCUT2D eigenvalue weighted by Gasteiger charge is -2.33. The number of nitrogens with two attached hydrogens (primary N) is 1. The summed E-state index contributed by atoms with van der Waals surface area (Å²) in [6.07, 6.45) is 1.50. The highest BCUT2D eigenvalue weighted by molar-refractivity contribution is 5.81. The lowest BCUT2D eigenvalue weighted by atomic mass is 9.97. The van der Waals surface area contributed by atoms with Crippen LogP contribution in [0.2, 0.25) is 0 Å². The Hall–Kier alpha value is -2.08.